The number of likely N-dealkylation sites (tertiary alicyclic amines) is 1. The van der Waals surface area contributed by atoms with E-state index in [1.807, 2.05) is 37.4 Å². The molecule has 3 amide bonds. The van der Waals surface area contributed by atoms with Gasteiger partial charge in [-0.1, -0.05) is 37.1 Å². The number of carbonyl (C=O) groups excluding carboxylic acids is 3. The first kappa shape index (κ1) is 22.8. The standard InChI is InChI=1S/C23H32N2O4S/c1-3-29-15-17-9-5-4-8-16(17)14-24-21(26)20(12-13-30-2)25-22(27)18-10-6-7-11-19(18)23(25)28/h4-5,8-9,18-20H,3,6-7,10-15H2,1-2H3,(H,24,26). The Balaban J connectivity index is 1.72. The largest absolute Gasteiger partial charge is 0.377 e. The number of carbonyl (C=O) groups is 3. The van der Waals surface area contributed by atoms with E-state index in [-0.39, 0.29) is 29.6 Å². The van der Waals surface area contributed by atoms with Crippen LogP contribution < -0.4 is 5.32 Å². The van der Waals surface area contributed by atoms with E-state index in [0.29, 0.717) is 31.9 Å². The second-order valence-electron chi connectivity index (χ2n) is 7.96. The molecule has 1 heterocycles. The number of amides is 3. The molecule has 0 radical (unpaired) electrons. The van der Waals surface area contributed by atoms with Crippen LogP contribution in [0.2, 0.25) is 0 Å². The highest BCUT2D eigenvalue weighted by Crippen LogP contribution is 2.39. The minimum atomic E-state index is -0.734. The zero-order chi connectivity index (χ0) is 21.5. The van der Waals surface area contributed by atoms with E-state index in [9.17, 15) is 14.4 Å². The van der Waals surface area contributed by atoms with Crippen molar-refractivity contribution in [3.05, 3.63) is 35.4 Å². The molecule has 1 aliphatic heterocycles. The Labute approximate surface area is 183 Å². The number of imide groups is 1. The Bertz CT molecular complexity index is 745. The number of nitrogens with zero attached hydrogens (tertiary/aromatic N) is 1. The van der Waals surface area contributed by atoms with Crippen LogP contribution in [-0.4, -0.2) is 47.3 Å². The van der Waals surface area contributed by atoms with Crippen molar-refractivity contribution in [2.24, 2.45) is 11.8 Å². The van der Waals surface area contributed by atoms with Gasteiger partial charge in [-0.05, 0) is 49.3 Å². The van der Waals surface area contributed by atoms with Crippen molar-refractivity contribution in [3.63, 3.8) is 0 Å². The van der Waals surface area contributed by atoms with E-state index in [0.717, 1.165) is 36.8 Å². The highest BCUT2D eigenvalue weighted by molar-refractivity contribution is 7.98. The second kappa shape index (κ2) is 11.0. The first-order valence-corrected chi connectivity index (χ1v) is 12.3. The van der Waals surface area contributed by atoms with Crippen molar-refractivity contribution in [2.75, 3.05) is 18.6 Å². The zero-order valence-electron chi connectivity index (χ0n) is 17.9. The van der Waals surface area contributed by atoms with Crippen LogP contribution in [0.25, 0.3) is 0 Å². The Morgan fingerprint density at radius 1 is 1.17 bits per heavy atom. The average Bonchev–Trinajstić information content (AvgIpc) is 3.02. The molecule has 30 heavy (non-hydrogen) atoms. The van der Waals surface area contributed by atoms with E-state index in [1.165, 1.54) is 4.90 Å². The fourth-order valence-electron chi connectivity index (χ4n) is 4.48. The van der Waals surface area contributed by atoms with Crippen LogP contribution in [0.4, 0.5) is 0 Å². The molecule has 1 aliphatic carbocycles. The number of fused-ring (bicyclic) bond motifs is 1. The van der Waals surface area contributed by atoms with E-state index in [1.54, 1.807) is 11.8 Å². The minimum Gasteiger partial charge on any atom is -0.377 e. The number of nitrogens with one attached hydrogen (secondary N) is 1. The lowest BCUT2D eigenvalue weighted by Gasteiger charge is -2.26. The molecule has 0 bridgehead atoms. The van der Waals surface area contributed by atoms with Crippen molar-refractivity contribution in [1.29, 1.82) is 0 Å². The molecule has 3 rings (SSSR count). The van der Waals surface area contributed by atoms with Gasteiger partial charge in [0.05, 0.1) is 18.4 Å². The van der Waals surface area contributed by atoms with Gasteiger partial charge in [-0.3, -0.25) is 19.3 Å². The zero-order valence-corrected chi connectivity index (χ0v) is 18.7. The van der Waals surface area contributed by atoms with Crippen LogP contribution in [0.3, 0.4) is 0 Å². The number of rotatable bonds is 10. The highest BCUT2D eigenvalue weighted by Gasteiger charge is 2.51. The van der Waals surface area contributed by atoms with Crippen LogP contribution in [0, 0.1) is 11.8 Å². The predicted octanol–water partition coefficient (Wildman–Crippen LogP) is 3.14. The van der Waals surface area contributed by atoms with Gasteiger partial charge >= 0.3 is 0 Å². The molecule has 1 N–H and O–H groups in total. The predicted molar refractivity (Wildman–Crippen MR) is 118 cm³/mol. The molecule has 1 saturated heterocycles. The molecule has 3 atom stereocenters. The molecule has 2 fully saturated rings. The molecule has 6 nitrogen and oxygen atoms in total. The van der Waals surface area contributed by atoms with E-state index < -0.39 is 6.04 Å². The molecule has 3 unspecified atom stereocenters. The Kier molecular flexibility index (Phi) is 8.33. The van der Waals surface area contributed by atoms with Gasteiger partial charge < -0.3 is 10.1 Å². The summed E-state index contributed by atoms with van der Waals surface area (Å²) in [6.07, 6.45) is 5.91. The van der Waals surface area contributed by atoms with Gasteiger partial charge in [0.1, 0.15) is 6.04 Å². The average molecular weight is 433 g/mol. The minimum absolute atomic E-state index is 0.150. The first-order chi connectivity index (χ1) is 14.6. The summed E-state index contributed by atoms with van der Waals surface area (Å²) < 4.78 is 5.52. The summed E-state index contributed by atoms with van der Waals surface area (Å²) in [6.45, 7) is 3.41. The van der Waals surface area contributed by atoms with E-state index in [4.69, 9.17) is 4.74 Å². The van der Waals surface area contributed by atoms with Gasteiger partial charge in [0.2, 0.25) is 17.7 Å². The highest BCUT2D eigenvalue weighted by atomic mass is 32.2. The normalized spacial score (nSPS) is 22.1. The molecule has 7 heteroatoms. The van der Waals surface area contributed by atoms with Crippen molar-refractivity contribution in [3.8, 4) is 0 Å². The first-order valence-electron chi connectivity index (χ1n) is 10.9. The molecule has 2 aliphatic rings. The van der Waals surface area contributed by atoms with Gasteiger partial charge in [-0.2, -0.15) is 11.8 Å². The third kappa shape index (κ3) is 5.06. The van der Waals surface area contributed by atoms with Crippen LogP contribution in [0.5, 0.6) is 0 Å². The number of ether oxygens (including phenoxy) is 1. The smallest absolute Gasteiger partial charge is 0.243 e. The molecule has 1 aromatic carbocycles. The van der Waals surface area contributed by atoms with Crippen molar-refractivity contribution >= 4 is 29.5 Å². The SMILES string of the molecule is CCOCc1ccccc1CNC(=O)C(CCSC)N1C(=O)C2CCCCC2C1=O. The molecule has 1 saturated carbocycles. The van der Waals surface area contributed by atoms with Gasteiger partial charge in [0.25, 0.3) is 0 Å². The van der Waals surface area contributed by atoms with Gasteiger partial charge in [0.15, 0.2) is 0 Å². The number of benzene rings is 1. The summed E-state index contributed by atoms with van der Waals surface area (Å²) in [7, 11) is 0. The topological polar surface area (TPSA) is 75.7 Å². The summed E-state index contributed by atoms with van der Waals surface area (Å²) >= 11 is 1.61. The number of hydrogen-bond donors (Lipinski definition) is 1. The molecular weight excluding hydrogens is 400 g/mol. The fraction of sp³-hybridized carbons (Fsp3) is 0.609. The third-order valence-electron chi connectivity index (χ3n) is 6.12. The van der Waals surface area contributed by atoms with Gasteiger partial charge in [0, 0.05) is 13.2 Å². The fourth-order valence-corrected chi connectivity index (χ4v) is 4.94. The van der Waals surface area contributed by atoms with Gasteiger partial charge in [-0.25, -0.2) is 0 Å². The summed E-state index contributed by atoms with van der Waals surface area (Å²) in [5, 5.41) is 2.97. The Morgan fingerprint density at radius 2 is 1.80 bits per heavy atom. The maximum atomic E-state index is 13.1. The molecular formula is C23H32N2O4S. The van der Waals surface area contributed by atoms with Crippen molar-refractivity contribution in [1.82, 2.24) is 10.2 Å². The Hall–Kier alpha value is -1.86. The van der Waals surface area contributed by atoms with Crippen molar-refractivity contribution in [2.45, 2.75) is 58.2 Å². The number of thioether (sulfide) groups is 1. The molecule has 1 aromatic rings. The quantitative estimate of drug-likeness (QED) is 0.575. The molecule has 0 spiro atoms. The second-order valence-corrected chi connectivity index (χ2v) is 8.95. The molecule has 0 aromatic heterocycles. The lowest BCUT2D eigenvalue weighted by Crippen LogP contribution is -2.50. The van der Waals surface area contributed by atoms with Crippen LogP contribution in [0.15, 0.2) is 24.3 Å². The molecule has 164 valence electrons. The summed E-state index contributed by atoms with van der Waals surface area (Å²) in [5.74, 6) is -0.308. The summed E-state index contributed by atoms with van der Waals surface area (Å²) in [6, 6.07) is 7.10. The summed E-state index contributed by atoms with van der Waals surface area (Å²) in [4.78, 5) is 40.4. The van der Waals surface area contributed by atoms with Crippen LogP contribution in [-0.2, 0) is 32.3 Å². The monoisotopic (exact) mass is 432 g/mol. The van der Waals surface area contributed by atoms with Crippen LogP contribution in [0.1, 0.15) is 50.2 Å². The van der Waals surface area contributed by atoms with E-state index in [2.05, 4.69) is 5.32 Å². The maximum absolute atomic E-state index is 13.1. The van der Waals surface area contributed by atoms with Gasteiger partial charge in [-0.15, -0.1) is 0 Å². The lowest BCUT2D eigenvalue weighted by atomic mass is 9.81. The van der Waals surface area contributed by atoms with E-state index >= 15 is 0 Å². The van der Waals surface area contributed by atoms with Crippen LogP contribution >= 0.6 is 11.8 Å². The van der Waals surface area contributed by atoms with Crippen molar-refractivity contribution < 1.29 is 19.1 Å². The Morgan fingerprint density at radius 3 is 2.40 bits per heavy atom. The summed E-state index contributed by atoms with van der Waals surface area (Å²) in [5.41, 5.74) is 2.01. The maximum Gasteiger partial charge on any atom is 0.243 e. The number of hydrogen-bond acceptors (Lipinski definition) is 5. The third-order valence-corrected chi connectivity index (χ3v) is 6.76. The lowest BCUT2D eigenvalue weighted by molar-refractivity contribution is -0.148.